The lowest BCUT2D eigenvalue weighted by Gasteiger charge is -2.03. The van der Waals surface area contributed by atoms with Crippen molar-refractivity contribution in [3.63, 3.8) is 0 Å². The molecule has 0 amide bonds. The molecule has 0 atom stereocenters. The molecule has 4 aromatic rings. The molecule has 0 spiro atoms. The number of nitrogens with zero attached hydrogens (tertiary/aromatic N) is 5. The molecule has 1 N–H and O–H groups in total. The standard InChI is InChI=1S/C18H18N6.C2H6/c1-19-17-6-16-15(7-20-17)21-11-24(16)10-14-9-23-8-13(12-2-3-12)4-5-18(23)22-14;1-2/h4-9,11-12H,2-3,10H2,1H3,(H,19,20);1-2H3. The Morgan fingerprint density at radius 1 is 1.15 bits per heavy atom. The molecular weight excluding hydrogens is 324 g/mol. The minimum absolute atomic E-state index is 0.699. The van der Waals surface area contributed by atoms with E-state index in [0.29, 0.717) is 6.54 Å². The van der Waals surface area contributed by atoms with E-state index in [0.717, 1.165) is 34.1 Å². The summed E-state index contributed by atoms with van der Waals surface area (Å²) < 4.78 is 4.25. The van der Waals surface area contributed by atoms with E-state index in [9.17, 15) is 0 Å². The second kappa shape index (κ2) is 6.78. The van der Waals surface area contributed by atoms with Crippen LogP contribution in [0.2, 0.25) is 0 Å². The molecule has 0 aromatic carbocycles. The molecule has 5 rings (SSSR count). The number of imidazole rings is 2. The fourth-order valence-electron chi connectivity index (χ4n) is 3.19. The van der Waals surface area contributed by atoms with Gasteiger partial charge in [-0.1, -0.05) is 19.9 Å². The Morgan fingerprint density at radius 2 is 2.00 bits per heavy atom. The Kier molecular flexibility index (Phi) is 4.32. The van der Waals surface area contributed by atoms with E-state index in [2.05, 4.69) is 48.8 Å². The van der Waals surface area contributed by atoms with Crippen molar-refractivity contribution in [3.05, 3.63) is 54.4 Å². The quantitative estimate of drug-likeness (QED) is 0.604. The smallest absolute Gasteiger partial charge is 0.137 e. The SMILES string of the molecule is CC.CNc1cc2c(cn1)ncn2Cc1cn2cc(C3CC3)ccc2n1. The molecule has 0 bridgehead atoms. The van der Waals surface area contributed by atoms with Gasteiger partial charge in [-0.3, -0.25) is 0 Å². The lowest BCUT2D eigenvalue weighted by atomic mass is 10.2. The highest BCUT2D eigenvalue weighted by molar-refractivity contribution is 5.77. The molecule has 0 radical (unpaired) electrons. The van der Waals surface area contributed by atoms with Crippen molar-refractivity contribution in [1.29, 1.82) is 0 Å². The molecule has 1 saturated carbocycles. The van der Waals surface area contributed by atoms with E-state index < -0.39 is 0 Å². The number of aromatic nitrogens is 5. The number of nitrogens with one attached hydrogen (secondary N) is 1. The predicted octanol–water partition coefficient (Wildman–Crippen LogP) is 4.07. The van der Waals surface area contributed by atoms with Gasteiger partial charge in [-0.05, 0) is 30.4 Å². The molecular formula is C20H24N6. The summed E-state index contributed by atoms with van der Waals surface area (Å²) >= 11 is 0. The third-order valence-electron chi connectivity index (χ3n) is 4.67. The molecule has 1 fully saturated rings. The molecule has 4 heterocycles. The summed E-state index contributed by atoms with van der Waals surface area (Å²) in [5.41, 5.74) is 5.41. The van der Waals surface area contributed by atoms with Gasteiger partial charge < -0.3 is 14.3 Å². The van der Waals surface area contributed by atoms with Crippen molar-refractivity contribution in [2.75, 3.05) is 12.4 Å². The highest BCUT2D eigenvalue weighted by atomic mass is 15.1. The van der Waals surface area contributed by atoms with Crippen LogP contribution in [0.25, 0.3) is 16.7 Å². The number of hydrogen-bond donors (Lipinski definition) is 1. The second-order valence-electron chi connectivity index (χ2n) is 6.42. The number of anilines is 1. The summed E-state index contributed by atoms with van der Waals surface area (Å²) in [5, 5.41) is 3.07. The molecule has 134 valence electrons. The van der Waals surface area contributed by atoms with E-state index in [1.807, 2.05) is 33.3 Å². The normalized spacial score (nSPS) is 13.7. The number of fused-ring (bicyclic) bond motifs is 2. The first-order valence-corrected chi connectivity index (χ1v) is 9.26. The van der Waals surface area contributed by atoms with Crippen LogP contribution in [0, 0.1) is 0 Å². The van der Waals surface area contributed by atoms with Crippen molar-refractivity contribution in [1.82, 2.24) is 23.9 Å². The van der Waals surface area contributed by atoms with Gasteiger partial charge in [0.2, 0.25) is 0 Å². The summed E-state index contributed by atoms with van der Waals surface area (Å²) in [6.45, 7) is 4.70. The van der Waals surface area contributed by atoms with Crippen LogP contribution in [0.4, 0.5) is 5.82 Å². The topological polar surface area (TPSA) is 60.0 Å². The largest absolute Gasteiger partial charge is 0.373 e. The molecule has 1 aliphatic carbocycles. The first-order chi connectivity index (χ1) is 12.8. The van der Waals surface area contributed by atoms with Crippen molar-refractivity contribution < 1.29 is 0 Å². The lowest BCUT2D eigenvalue weighted by molar-refractivity contribution is 0.804. The van der Waals surface area contributed by atoms with Crippen LogP contribution in [0.1, 0.15) is 43.9 Å². The van der Waals surface area contributed by atoms with Gasteiger partial charge in [0.05, 0.1) is 30.3 Å². The third kappa shape index (κ3) is 3.03. The Labute approximate surface area is 152 Å². The van der Waals surface area contributed by atoms with Gasteiger partial charge in [0, 0.05) is 25.5 Å². The molecule has 26 heavy (non-hydrogen) atoms. The Bertz CT molecular complexity index is 1040. The predicted molar refractivity (Wildman–Crippen MR) is 105 cm³/mol. The Hall–Kier alpha value is -2.89. The van der Waals surface area contributed by atoms with Crippen molar-refractivity contribution >= 4 is 22.5 Å². The molecule has 0 aliphatic heterocycles. The van der Waals surface area contributed by atoms with Crippen LogP contribution in [-0.4, -0.2) is 31.0 Å². The summed E-state index contributed by atoms with van der Waals surface area (Å²) in [4.78, 5) is 13.5. The fourth-order valence-corrected chi connectivity index (χ4v) is 3.19. The number of pyridine rings is 2. The fraction of sp³-hybridized carbons (Fsp3) is 0.350. The van der Waals surface area contributed by atoms with Gasteiger partial charge >= 0.3 is 0 Å². The van der Waals surface area contributed by atoms with Gasteiger partial charge in [-0.15, -0.1) is 0 Å². The zero-order chi connectivity index (χ0) is 18.1. The third-order valence-corrected chi connectivity index (χ3v) is 4.67. The zero-order valence-corrected chi connectivity index (χ0v) is 15.5. The van der Waals surface area contributed by atoms with Gasteiger partial charge in [-0.25, -0.2) is 15.0 Å². The Balaban J connectivity index is 0.000000814. The minimum Gasteiger partial charge on any atom is -0.373 e. The van der Waals surface area contributed by atoms with Gasteiger partial charge in [0.1, 0.15) is 17.0 Å². The van der Waals surface area contributed by atoms with Crippen LogP contribution >= 0.6 is 0 Å². The van der Waals surface area contributed by atoms with Crippen LogP contribution < -0.4 is 5.32 Å². The second-order valence-corrected chi connectivity index (χ2v) is 6.42. The van der Waals surface area contributed by atoms with Crippen molar-refractivity contribution in [2.24, 2.45) is 0 Å². The van der Waals surface area contributed by atoms with Gasteiger partial charge in [0.15, 0.2) is 0 Å². The number of rotatable bonds is 4. The lowest BCUT2D eigenvalue weighted by Crippen LogP contribution is -1.99. The van der Waals surface area contributed by atoms with Gasteiger partial charge in [0.25, 0.3) is 0 Å². The van der Waals surface area contributed by atoms with E-state index >= 15 is 0 Å². The van der Waals surface area contributed by atoms with Crippen LogP contribution in [-0.2, 0) is 6.54 Å². The maximum Gasteiger partial charge on any atom is 0.137 e. The van der Waals surface area contributed by atoms with E-state index in [-0.39, 0.29) is 0 Å². The van der Waals surface area contributed by atoms with E-state index in [1.54, 1.807) is 6.20 Å². The highest BCUT2D eigenvalue weighted by Gasteiger charge is 2.23. The summed E-state index contributed by atoms with van der Waals surface area (Å²) in [6.07, 6.45) is 10.6. The maximum absolute atomic E-state index is 4.74. The average molecular weight is 348 g/mol. The van der Waals surface area contributed by atoms with Gasteiger partial charge in [-0.2, -0.15) is 0 Å². The Morgan fingerprint density at radius 3 is 2.77 bits per heavy atom. The minimum atomic E-state index is 0.699. The molecule has 0 saturated heterocycles. The van der Waals surface area contributed by atoms with Crippen LogP contribution in [0.15, 0.2) is 43.1 Å². The van der Waals surface area contributed by atoms with E-state index in [4.69, 9.17) is 4.98 Å². The highest BCUT2D eigenvalue weighted by Crippen LogP contribution is 2.39. The summed E-state index contributed by atoms with van der Waals surface area (Å²) in [7, 11) is 1.87. The van der Waals surface area contributed by atoms with Crippen LogP contribution in [0.3, 0.4) is 0 Å². The van der Waals surface area contributed by atoms with Crippen molar-refractivity contribution in [2.45, 2.75) is 39.2 Å². The van der Waals surface area contributed by atoms with Crippen LogP contribution in [0.5, 0.6) is 0 Å². The summed E-state index contributed by atoms with van der Waals surface area (Å²) in [5.74, 6) is 1.60. The molecule has 0 unspecified atom stereocenters. The first-order valence-electron chi connectivity index (χ1n) is 9.26. The molecule has 4 aromatic heterocycles. The zero-order valence-electron chi connectivity index (χ0n) is 15.5. The average Bonchev–Trinajstić information content (AvgIpc) is 3.35. The van der Waals surface area contributed by atoms with Crippen molar-refractivity contribution in [3.8, 4) is 0 Å². The molecule has 6 heteroatoms. The summed E-state index contributed by atoms with van der Waals surface area (Å²) in [6, 6.07) is 6.34. The number of hydrogen-bond acceptors (Lipinski definition) is 4. The monoisotopic (exact) mass is 348 g/mol. The molecule has 1 aliphatic rings. The molecule has 6 nitrogen and oxygen atoms in total. The van der Waals surface area contributed by atoms with E-state index in [1.165, 1.54) is 18.4 Å². The maximum atomic E-state index is 4.74. The first kappa shape index (κ1) is 16.6.